The lowest BCUT2D eigenvalue weighted by molar-refractivity contribution is -0.142. The van der Waals surface area contributed by atoms with Crippen LogP contribution < -0.4 is 10.1 Å². The van der Waals surface area contributed by atoms with Crippen LogP contribution >= 0.6 is 0 Å². The molecule has 0 spiro atoms. The highest BCUT2D eigenvalue weighted by Crippen LogP contribution is 2.25. The zero-order chi connectivity index (χ0) is 23.1. The molecule has 2 amide bonds. The zero-order valence-corrected chi connectivity index (χ0v) is 18.7. The van der Waals surface area contributed by atoms with Crippen molar-refractivity contribution in [3.63, 3.8) is 0 Å². The van der Waals surface area contributed by atoms with Gasteiger partial charge in [0.25, 0.3) is 5.91 Å². The Labute approximate surface area is 188 Å². The Balaban J connectivity index is 1.80. The van der Waals surface area contributed by atoms with E-state index in [0.717, 1.165) is 17.2 Å². The fraction of sp³-hybridized carbons (Fsp3) is 0.308. The lowest BCUT2D eigenvalue weighted by Crippen LogP contribution is -2.50. The second kappa shape index (κ2) is 10.8. The van der Waals surface area contributed by atoms with Crippen LogP contribution in [-0.4, -0.2) is 35.4 Å². The molecule has 0 saturated carbocycles. The van der Waals surface area contributed by atoms with Crippen LogP contribution in [0.25, 0.3) is 10.8 Å². The van der Waals surface area contributed by atoms with E-state index in [4.69, 9.17) is 4.74 Å². The topological polar surface area (TPSA) is 58.6 Å². The largest absolute Gasteiger partial charge is 0.483 e. The van der Waals surface area contributed by atoms with Gasteiger partial charge in [0.15, 0.2) is 6.61 Å². The molecule has 0 radical (unpaired) electrons. The van der Waals surface area contributed by atoms with Gasteiger partial charge >= 0.3 is 0 Å². The van der Waals surface area contributed by atoms with Gasteiger partial charge in [0.2, 0.25) is 5.91 Å². The van der Waals surface area contributed by atoms with Crippen LogP contribution in [0.3, 0.4) is 0 Å². The van der Waals surface area contributed by atoms with Crippen molar-refractivity contribution in [2.45, 2.75) is 45.8 Å². The van der Waals surface area contributed by atoms with Crippen LogP contribution in [-0.2, 0) is 16.1 Å². The van der Waals surface area contributed by atoms with Gasteiger partial charge in [-0.15, -0.1) is 0 Å². The van der Waals surface area contributed by atoms with Gasteiger partial charge in [0.1, 0.15) is 17.6 Å². The van der Waals surface area contributed by atoms with Gasteiger partial charge in [-0.2, -0.15) is 0 Å². The van der Waals surface area contributed by atoms with E-state index in [1.807, 2.05) is 50.2 Å². The van der Waals surface area contributed by atoms with E-state index < -0.39 is 17.8 Å². The van der Waals surface area contributed by atoms with Crippen molar-refractivity contribution >= 4 is 22.6 Å². The number of carbonyl (C=O) groups excluding carboxylic acids is 2. The molecule has 32 heavy (non-hydrogen) atoms. The van der Waals surface area contributed by atoms with Gasteiger partial charge < -0.3 is 15.0 Å². The smallest absolute Gasteiger partial charge is 0.261 e. The Kier molecular flexibility index (Phi) is 7.82. The van der Waals surface area contributed by atoms with Crippen molar-refractivity contribution in [3.05, 3.63) is 78.1 Å². The summed E-state index contributed by atoms with van der Waals surface area (Å²) in [6.45, 7) is 5.23. The first-order valence-electron chi connectivity index (χ1n) is 10.8. The second-order valence-electron chi connectivity index (χ2n) is 7.87. The molecule has 0 saturated heterocycles. The van der Waals surface area contributed by atoms with E-state index in [1.54, 1.807) is 31.2 Å². The van der Waals surface area contributed by atoms with Gasteiger partial charge in [0.05, 0.1) is 0 Å². The van der Waals surface area contributed by atoms with Crippen molar-refractivity contribution in [2.75, 3.05) is 6.61 Å². The normalized spacial score (nSPS) is 12.8. The molecule has 3 aromatic carbocycles. The van der Waals surface area contributed by atoms with Gasteiger partial charge in [-0.3, -0.25) is 9.59 Å². The number of nitrogens with zero attached hydrogens (tertiary/aromatic N) is 1. The summed E-state index contributed by atoms with van der Waals surface area (Å²) in [6.07, 6.45) is 0.768. The summed E-state index contributed by atoms with van der Waals surface area (Å²) in [5.41, 5.74) is 0.342. The van der Waals surface area contributed by atoms with Crippen LogP contribution in [0.1, 0.15) is 32.8 Å². The first-order chi connectivity index (χ1) is 15.4. The van der Waals surface area contributed by atoms with Gasteiger partial charge in [0, 0.05) is 23.5 Å². The first kappa shape index (κ1) is 23.3. The van der Waals surface area contributed by atoms with Crippen molar-refractivity contribution in [2.24, 2.45) is 0 Å². The number of halogens is 1. The van der Waals surface area contributed by atoms with Crippen LogP contribution in [0, 0.1) is 5.82 Å². The quantitative estimate of drug-likeness (QED) is 0.529. The van der Waals surface area contributed by atoms with Crippen LogP contribution in [0.2, 0.25) is 0 Å². The maximum atomic E-state index is 14.3. The van der Waals surface area contributed by atoms with Gasteiger partial charge in [-0.25, -0.2) is 4.39 Å². The minimum Gasteiger partial charge on any atom is -0.483 e. The zero-order valence-electron chi connectivity index (χ0n) is 18.7. The lowest BCUT2D eigenvalue weighted by Gasteiger charge is -2.29. The number of carbonyl (C=O) groups is 2. The summed E-state index contributed by atoms with van der Waals surface area (Å²) >= 11 is 0. The minimum atomic E-state index is -0.785. The van der Waals surface area contributed by atoms with Crippen molar-refractivity contribution in [1.29, 1.82) is 0 Å². The number of hydrogen-bond donors (Lipinski definition) is 1. The lowest BCUT2D eigenvalue weighted by atomic mass is 10.1. The van der Waals surface area contributed by atoms with Crippen molar-refractivity contribution in [1.82, 2.24) is 10.2 Å². The summed E-state index contributed by atoms with van der Waals surface area (Å²) in [4.78, 5) is 27.3. The Bertz CT molecular complexity index is 1080. The molecule has 0 bridgehead atoms. The molecule has 0 heterocycles. The average Bonchev–Trinajstić information content (AvgIpc) is 2.81. The molecule has 3 aromatic rings. The van der Waals surface area contributed by atoms with E-state index in [0.29, 0.717) is 11.3 Å². The molecule has 2 unspecified atom stereocenters. The predicted molar refractivity (Wildman–Crippen MR) is 124 cm³/mol. The van der Waals surface area contributed by atoms with Crippen LogP contribution in [0.15, 0.2) is 66.7 Å². The molecule has 168 valence electrons. The number of nitrogens with one attached hydrogen (secondary N) is 1. The van der Waals surface area contributed by atoms with Gasteiger partial charge in [-0.1, -0.05) is 61.5 Å². The van der Waals surface area contributed by atoms with Crippen LogP contribution in [0.5, 0.6) is 5.75 Å². The minimum absolute atomic E-state index is 0.0257. The monoisotopic (exact) mass is 436 g/mol. The highest BCUT2D eigenvalue weighted by Gasteiger charge is 2.28. The fourth-order valence-corrected chi connectivity index (χ4v) is 3.40. The maximum Gasteiger partial charge on any atom is 0.261 e. The highest BCUT2D eigenvalue weighted by atomic mass is 19.1. The standard InChI is InChI=1S/C26H29FN2O3/c1-4-18(2)28-26(31)19(3)29(16-21-11-6-8-14-23(21)27)25(30)17-32-24-15-9-12-20-10-5-7-13-22(20)24/h5-15,18-19H,4,16-17H2,1-3H3,(H,28,31). The molecule has 6 heteroatoms. The fourth-order valence-electron chi connectivity index (χ4n) is 3.40. The number of ether oxygens (including phenoxy) is 1. The molecule has 0 aliphatic rings. The summed E-state index contributed by atoms with van der Waals surface area (Å²) in [5.74, 6) is -0.518. The van der Waals surface area contributed by atoms with E-state index >= 15 is 0 Å². The summed E-state index contributed by atoms with van der Waals surface area (Å²) in [5, 5.41) is 4.79. The number of rotatable bonds is 9. The van der Waals surface area contributed by atoms with E-state index in [2.05, 4.69) is 5.32 Å². The van der Waals surface area contributed by atoms with Crippen LogP contribution in [0.4, 0.5) is 4.39 Å². The number of fused-ring (bicyclic) bond motifs is 1. The number of amides is 2. The maximum absolute atomic E-state index is 14.3. The van der Waals surface area contributed by atoms with E-state index in [1.165, 1.54) is 11.0 Å². The highest BCUT2D eigenvalue weighted by molar-refractivity contribution is 5.90. The third-order valence-corrected chi connectivity index (χ3v) is 5.57. The SMILES string of the molecule is CCC(C)NC(=O)C(C)N(Cc1ccccc1F)C(=O)COc1cccc2ccccc12. The van der Waals surface area contributed by atoms with Crippen molar-refractivity contribution in [3.8, 4) is 5.75 Å². The summed E-state index contributed by atoms with van der Waals surface area (Å²) < 4.78 is 20.1. The second-order valence-corrected chi connectivity index (χ2v) is 7.87. The summed E-state index contributed by atoms with van der Waals surface area (Å²) in [6, 6.07) is 18.8. The Morgan fingerprint density at radius 3 is 2.44 bits per heavy atom. The molecule has 0 aliphatic heterocycles. The molecule has 3 rings (SSSR count). The Hall–Kier alpha value is -3.41. The van der Waals surface area contributed by atoms with E-state index in [9.17, 15) is 14.0 Å². The molecule has 1 N–H and O–H groups in total. The Morgan fingerprint density at radius 2 is 1.69 bits per heavy atom. The molecule has 0 aliphatic carbocycles. The summed E-state index contributed by atoms with van der Waals surface area (Å²) in [7, 11) is 0. The third-order valence-electron chi connectivity index (χ3n) is 5.57. The Morgan fingerprint density at radius 1 is 1.00 bits per heavy atom. The molecule has 2 atom stereocenters. The van der Waals surface area contributed by atoms with Crippen molar-refractivity contribution < 1.29 is 18.7 Å². The molecule has 5 nitrogen and oxygen atoms in total. The first-order valence-corrected chi connectivity index (χ1v) is 10.8. The molecular formula is C26H29FN2O3. The average molecular weight is 437 g/mol. The molecular weight excluding hydrogens is 407 g/mol. The predicted octanol–water partition coefficient (Wildman–Crippen LogP) is 4.69. The number of hydrogen-bond acceptors (Lipinski definition) is 3. The van der Waals surface area contributed by atoms with E-state index in [-0.39, 0.29) is 25.1 Å². The molecule has 0 fully saturated rings. The number of benzene rings is 3. The third kappa shape index (κ3) is 5.63. The molecule has 0 aromatic heterocycles. The van der Waals surface area contributed by atoms with Gasteiger partial charge in [-0.05, 0) is 37.8 Å².